The van der Waals surface area contributed by atoms with E-state index in [1.165, 1.54) is 17.0 Å². The summed E-state index contributed by atoms with van der Waals surface area (Å²) < 4.78 is 29.5. The summed E-state index contributed by atoms with van der Waals surface area (Å²) in [6.07, 6.45) is 1.80. The van der Waals surface area contributed by atoms with Gasteiger partial charge in [0.1, 0.15) is 6.61 Å². The molecule has 0 radical (unpaired) electrons. The molecule has 1 amide bonds. The zero-order valence-corrected chi connectivity index (χ0v) is 18.6. The summed E-state index contributed by atoms with van der Waals surface area (Å²) in [5.41, 5.74) is 2.27. The summed E-state index contributed by atoms with van der Waals surface area (Å²) in [4.78, 5) is 15.1. The second kappa shape index (κ2) is 8.47. The first kappa shape index (κ1) is 21.6. The minimum atomic E-state index is -3.34. The Morgan fingerprint density at radius 3 is 2.55 bits per heavy atom. The van der Waals surface area contributed by atoms with Gasteiger partial charge in [-0.25, -0.2) is 13.2 Å². The number of sulfone groups is 1. The molecule has 0 saturated carbocycles. The van der Waals surface area contributed by atoms with Crippen molar-refractivity contribution in [2.45, 2.75) is 23.8 Å². The summed E-state index contributed by atoms with van der Waals surface area (Å²) in [6.45, 7) is 2.30. The van der Waals surface area contributed by atoms with Gasteiger partial charge in [0.25, 0.3) is 0 Å². The normalized spacial score (nSPS) is 17.1. The van der Waals surface area contributed by atoms with Crippen LogP contribution in [0.15, 0.2) is 41.3 Å². The summed E-state index contributed by atoms with van der Waals surface area (Å²) in [5, 5.41) is 12.8. The fraction of sp³-hybridized carbons (Fsp3) is 0.381. The van der Waals surface area contributed by atoms with E-state index in [9.17, 15) is 18.3 Å². The van der Waals surface area contributed by atoms with E-state index < -0.39 is 15.9 Å². The van der Waals surface area contributed by atoms with Crippen LogP contribution in [0, 0.1) is 0 Å². The standard InChI is InChI=1S/C21H24ClN3O5S/c1-31(28,29)15-5-6-17(16(22)13-15)23-18-3-2-4-19-20(18)30-12-11-25(19)14-7-9-24(10-8-14)21(26)27/h2-6,13-14,23H,7-12H2,1H3,(H,26,27). The number of nitrogens with one attached hydrogen (secondary N) is 1. The average Bonchev–Trinajstić information content (AvgIpc) is 2.74. The number of nitrogens with zero attached hydrogens (tertiary/aromatic N) is 2. The number of fused-ring (bicyclic) bond motifs is 1. The van der Waals surface area contributed by atoms with Crippen LogP contribution in [0.1, 0.15) is 12.8 Å². The Hall–Kier alpha value is -2.65. The first-order valence-electron chi connectivity index (χ1n) is 10.0. The quantitative estimate of drug-likeness (QED) is 0.707. The third-order valence-electron chi connectivity index (χ3n) is 5.70. The maximum absolute atomic E-state index is 11.8. The van der Waals surface area contributed by atoms with Gasteiger partial charge in [0.05, 0.1) is 33.5 Å². The van der Waals surface area contributed by atoms with Crippen molar-refractivity contribution in [1.82, 2.24) is 4.90 Å². The molecule has 2 heterocycles. The molecule has 2 aliphatic heterocycles. The van der Waals surface area contributed by atoms with Gasteiger partial charge in [-0.2, -0.15) is 0 Å². The Bertz CT molecular complexity index is 1100. The molecule has 0 aliphatic carbocycles. The molecule has 1 saturated heterocycles. The minimum absolute atomic E-state index is 0.160. The minimum Gasteiger partial charge on any atom is -0.487 e. The molecule has 8 nitrogen and oxygen atoms in total. The SMILES string of the molecule is CS(=O)(=O)c1ccc(Nc2cccc3c2OCCN3C2CCN(C(=O)O)CC2)c(Cl)c1. The number of ether oxygens (including phenoxy) is 1. The highest BCUT2D eigenvalue weighted by molar-refractivity contribution is 7.90. The Morgan fingerprint density at radius 2 is 1.90 bits per heavy atom. The van der Waals surface area contributed by atoms with Gasteiger partial charge in [0.2, 0.25) is 0 Å². The Labute approximate surface area is 186 Å². The van der Waals surface area contributed by atoms with E-state index in [0.29, 0.717) is 36.2 Å². The number of likely N-dealkylation sites (tertiary alicyclic amines) is 1. The molecule has 31 heavy (non-hydrogen) atoms. The fourth-order valence-electron chi connectivity index (χ4n) is 4.09. The van der Waals surface area contributed by atoms with Crippen molar-refractivity contribution in [3.05, 3.63) is 41.4 Å². The Morgan fingerprint density at radius 1 is 1.16 bits per heavy atom. The molecule has 2 aromatic carbocycles. The number of halogens is 1. The van der Waals surface area contributed by atoms with Crippen LogP contribution in [0.4, 0.5) is 21.9 Å². The van der Waals surface area contributed by atoms with Gasteiger partial charge in [-0.15, -0.1) is 0 Å². The van der Waals surface area contributed by atoms with Crippen molar-refractivity contribution in [3.63, 3.8) is 0 Å². The van der Waals surface area contributed by atoms with E-state index >= 15 is 0 Å². The fourth-order valence-corrected chi connectivity index (χ4v) is 5.03. The van der Waals surface area contributed by atoms with Gasteiger partial charge in [-0.05, 0) is 43.2 Å². The number of piperidine rings is 1. The molecule has 0 aromatic heterocycles. The third kappa shape index (κ3) is 4.52. The lowest BCUT2D eigenvalue weighted by molar-refractivity contribution is 0.130. The summed E-state index contributed by atoms with van der Waals surface area (Å²) in [5.74, 6) is 0.706. The molecule has 2 N–H and O–H groups in total. The molecule has 0 unspecified atom stereocenters. The third-order valence-corrected chi connectivity index (χ3v) is 7.12. The molecule has 0 bridgehead atoms. The van der Waals surface area contributed by atoms with Gasteiger partial charge in [-0.1, -0.05) is 17.7 Å². The van der Waals surface area contributed by atoms with Crippen molar-refractivity contribution in [2.75, 3.05) is 42.7 Å². The van der Waals surface area contributed by atoms with E-state index in [-0.39, 0.29) is 10.9 Å². The molecule has 0 atom stereocenters. The molecular formula is C21H24ClN3O5S. The van der Waals surface area contributed by atoms with E-state index in [0.717, 1.165) is 37.0 Å². The first-order chi connectivity index (χ1) is 14.7. The molecule has 10 heteroatoms. The number of hydrogen-bond donors (Lipinski definition) is 2. The van der Waals surface area contributed by atoms with Crippen LogP contribution in [-0.2, 0) is 9.84 Å². The van der Waals surface area contributed by atoms with E-state index in [1.54, 1.807) is 6.07 Å². The molecule has 166 valence electrons. The molecule has 1 fully saturated rings. The molecule has 2 aliphatic rings. The second-order valence-corrected chi connectivity index (χ2v) is 10.2. The summed E-state index contributed by atoms with van der Waals surface area (Å²) in [7, 11) is -3.34. The Balaban J connectivity index is 1.57. The Kier molecular flexibility index (Phi) is 5.90. The number of rotatable bonds is 4. The maximum Gasteiger partial charge on any atom is 0.407 e. The maximum atomic E-state index is 11.8. The predicted octanol–water partition coefficient (Wildman–Crippen LogP) is 3.83. The first-order valence-corrected chi connectivity index (χ1v) is 12.3. The number of benzene rings is 2. The van der Waals surface area contributed by atoms with Crippen molar-refractivity contribution < 1.29 is 23.1 Å². The topological polar surface area (TPSA) is 99.2 Å². The van der Waals surface area contributed by atoms with Gasteiger partial charge in [0, 0.05) is 25.4 Å². The summed E-state index contributed by atoms with van der Waals surface area (Å²) >= 11 is 6.33. The van der Waals surface area contributed by atoms with Crippen molar-refractivity contribution >= 4 is 44.6 Å². The van der Waals surface area contributed by atoms with Crippen molar-refractivity contribution in [3.8, 4) is 5.75 Å². The van der Waals surface area contributed by atoms with Crippen LogP contribution in [-0.4, -0.2) is 63.1 Å². The molecule has 0 spiro atoms. The highest BCUT2D eigenvalue weighted by atomic mass is 35.5. The molecule has 4 rings (SSSR count). The van der Waals surface area contributed by atoms with Crippen LogP contribution in [0.5, 0.6) is 5.75 Å². The van der Waals surface area contributed by atoms with Gasteiger partial charge < -0.3 is 25.0 Å². The highest BCUT2D eigenvalue weighted by Gasteiger charge is 2.31. The van der Waals surface area contributed by atoms with Gasteiger partial charge in [-0.3, -0.25) is 0 Å². The lowest BCUT2D eigenvalue weighted by atomic mass is 10.0. The number of carboxylic acid groups (broad SMARTS) is 1. The van der Waals surface area contributed by atoms with Crippen LogP contribution < -0.4 is 15.0 Å². The van der Waals surface area contributed by atoms with Crippen LogP contribution in [0.2, 0.25) is 5.02 Å². The van der Waals surface area contributed by atoms with Crippen molar-refractivity contribution in [1.29, 1.82) is 0 Å². The van der Waals surface area contributed by atoms with Gasteiger partial charge >= 0.3 is 6.09 Å². The number of carbonyl (C=O) groups is 1. The largest absolute Gasteiger partial charge is 0.487 e. The smallest absolute Gasteiger partial charge is 0.407 e. The number of hydrogen-bond acceptors (Lipinski definition) is 6. The average molecular weight is 466 g/mol. The van der Waals surface area contributed by atoms with E-state index in [4.69, 9.17) is 16.3 Å². The monoisotopic (exact) mass is 465 g/mol. The number of para-hydroxylation sites is 1. The van der Waals surface area contributed by atoms with E-state index in [2.05, 4.69) is 10.2 Å². The highest BCUT2D eigenvalue weighted by Crippen LogP contribution is 2.42. The lowest BCUT2D eigenvalue weighted by Gasteiger charge is -2.41. The summed E-state index contributed by atoms with van der Waals surface area (Å²) in [6, 6.07) is 10.6. The van der Waals surface area contributed by atoms with E-state index in [1.807, 2.05) is 18.2 Å². The second-order valence-electron chi connectivity index (χ2n) is 7.74. The van der Waals surface area contributed by atoms with Crippen molar-refractivity contribution in [2.24, 2.45) is 0 Å². The van der Waals surface area contributed by atoms with Crippen LogP contribution in [0.25, 0.3) is 0 Å². The number of amides is 1. The van der Waals surface area contributed by atoms with Gasteiger partial charge in [0.15, 0.2) is 15.6 Å². The lowest BCUT2D eigenvalue weighted by Crippen LogP contribution is -2.48. The van der Waals surface area contributed by atoms with Crippen LogP contribution >= 0.6 is 11.6 Å². The van der Waals surface area contributed by atoms with Crippen LogP contribution in [0.3, 0.4) is 0 Å². The number of anilines is 3. The zero-order chi connectivity index (χ0) is 22.2. The molecular weight excluding hydrogens is 442 g/mol. The molecule has 2 aromatic rings. The zero-order valence-electron chi connectivity index (χ0n) is 17.0. The predicted molar refractivity (Wildman–Crippen MR) is 120 cm³/mol.